The van der Waals surface area contributed by atoms with Crippen LogP contribution in [0.25, 0.3) is 0 Å². The van der Waals surface area contributed by atoms with E-state index >= 15 is 0 Å². The second kappa shape index (κ2) is 7.63. The highest BCUT2D eigenvalue weighted by Gasteiger charge is 2.24. The number of rotatable bonds is 5. The number of oxime groups is 1. The van der Waals surface area contributed by atoms with Crippen LogP contribution < -0.4 is 0 Å². The molecule has 0 amide bonds. The molecule has 0 heterocycles. The van der Waals surface area contributed by atoms with Gasteiger partial charge in [0.2, 0.25) is 0 Å². The van der Waals surface area contributed by atoms with Gasteiger partial charge < -0.3 is 14.3 Å². The number of ether oxygens (including phenoxy) is 2. The van der Waals surface area contributed by atoms with Gasteiger partial charge in [-0.2, -0.15) is 0 Å². The quantitative estimate of drug-likeness (QED) is 0.180. The second-order valence-electron chi connectivity index (χ2n) is 2.21. The van der Waals surface area contributed by atoms with E-state index < -0.39 is 23.1 Å². The Balaban J connectivity index is 4.74. The Morgan fingerprint density at radius 1 is 1.06 bits per heavy atom. The van der Waals surface area contributed by atoms with Crippen LogP contribution in [0.3, 0.4) is 0 Å². The topological polar surface area (TPSA) is 91.3 Å². The number of hydrogen-bond donors (Lipinski definition) is 0. The molecule has 0 spiro atoms. The van der Waals surface area contributed by atoms with Gasteiger partial charge in [0.15, 0.2) is 0 Å². The van der Waals surface area contributed by atoms with Crippen LogP contribution in [0.5, 0.6) is 0 Å². The molecule has 16 heavy (non-hydrogen) atoms. The maximum Gasteiger partial charge on any atom is 0.429 e. The molecule has 0 rings (SSSR count). The molecule has 8 heteroatoms. The van der Waals surface area contributed by atoms with Gasteiger partial charge in [0.25, 0.3) is 5.71 Å². The van der Waals surface area contributed by atoms with Crippen molar-refractivity contribution < 1.29 is 28.7 Å². The lowest BCUT2D eigenvalue weighted by atomic mass is 10.4. The smallest absolute Gasteiger partial charge is 0.429 e. The molecule has 0 atom stereocenters. The first-order valence-electron chi connectivity index (χ1n) is 4.31. The third-order valence-corrected chi connectivity index (χ3v) is 1.22. The highest BCUT2D eigenvalue weighted by atomic mass is 35.5. The van der Waals surface area contributed by atoms with Crippen molar-refractivity contribution in [1.82, 2.24) is 0 Å². The van der Waals surface area contributed by atoms with Crippen LogP contribution in [0.4, 0.5) is 4.79 Å². The minimum atomic E-state index is -1.29. The van der Waals surface area contributed by atoms with Crippen LogP contribution in [0.15, 0.2) is 5.16 Å². The fraction of sp³-hybridized carbons (Fsp3) is 0.500. The molecule has 0 aliphatic carbocycles. The minimum absolute atomic E-state index is 0.0338. The van der Waals surface area contributed by atoms with Crippen LogP contribution in [0.2, 0.25) is 0 Å². The van der Waals surface area contributed by atoms with Gasteiger partial charge in [-0.3, -0.25) is 0 Å². The van der Waals surface area contributed by atoms with E-state index in [1.165, 1.54) is 13.8 Å². The summed E-state index contributed by atoms with van der Waals surface area (Å²) in [5, 5.41) is 2.95. The molecule has 90 valence electrons. The van der Waals surface area contributed by atoms with E-state index in [0.717, 1.165) is 0 Å². The summed E-state index contributed by atoms with van der Waals surface area (Å²) in [6.45, 7) is 3.14. The molecule has 0 aliphatic heterocycles. The summed E-state index contributed by atoms with van der Waals surface area (Å²) in [6, 6.07) is 0. The molecule has 0 aromatic rings. The summed E-state index contributed by atoms with van der Waals surface area (Å²) in [6.07, 6.45) is 0. The monoisotopic (exact) mass is 251 g/mol. The summed E-state index contributed by atoms with van der Waals surface area (Å²) in [4.78, 5) is 36.6. The Kier molecular flexibility index (Phi) is 6.86. The van der Waals surface area contributed by atoms with E-state index in [1.807, 2.05) is 0 Å². The Hall–Kier alpha value is -1.63. The second-order valence-corrected chi connectivity index (χ2v) is 2.52. The van der Waals surface area contributed by atoms with E-state index in [2.05, 4.69) is 19.5 Å². The van der Waals surface area contributed by atoms with Crippen molar-refractivity contribution in [2.75, 3.05) is 13.2 Å². The van der Waals surface area contributed by atoms with Gasteiger partial charge in [-0.25, -0.2) is 14.4 Å². The molecular weight excluding hydrogens is 242 g/mol. The van der Waals surface area contributed by atoms with Gasteiger partial charge >= 0.3 is 17.4 Å². The lowest BCUT2D eigenvalue weighted by Crippen LogP contribution is -2.28. The number of hydrogen-bond acceptors (Lipinski definition) is 7. The lowest BCUT2D eigenvalue weighted by Gasteiger charge is -2.03. The van der Waals surface area contributed by atoms with E-state index in [9.17, 15) is 14.4 Å². The van der Waals surface area contributed by atoms with E-state index in [4.69, 9.17) is 11.6 Å². The van der Waals surface area contributed by atoms with Crippen molar-refractivity contribution in [3.05, 3.63) is 0 Å². The van der Waals surface area contributed by atoms with Crippen molar-refractivity contribution in [1.29, 1.82) is 0 Å². The predicted octanol–water partition coefficient (Wildman–Crippen LogP) is 0.844. The average Bonchev–Trinajstić information content (AvgIpc) is 2.18. The van der Waals surface area contributed by atoms with Gasteiger partial charge in [0, 0.05) is 11.6 Å². The molecule has 0 aliphatic rings. The maximum atomic E-state index is 11.2. The molecule has 0 saturated heterocycles. The van der Waals surface area contributed by atoms with E-state index in [0.29, 0.717) is 0 Å². The van der Waals surface area contributed by atoms with Crippen molar-refractivity contribution in [3.8, 4) is 0 Å². The van der Waals surface area contributed by atoms with Gasteiger partial charge in [0.1, 0.15) is 0 Å². The zero-order valence-electron chi connectivity index (χ0n) is 8.69. The molecule has 0 radical (unpaired) electrons. The first-order chi connectivity index (χ1) is 7.52. The van der Waals surface area contributed by atoms with Crippen molar-refractivity contribution in [3.63, 3.8) is 0 Å². The normalized spacial score (nSPS) is 8.94. The van der Waals surface area contributed by atoms with Crippen LogP contribution in [-0.4, -0.2) is 36.3 Å². The fourth-order valence-corrected chi connectivity index (χ4v) is 0.673. The fourth-order valence-electron chi connectivity index (χ4n) is 0.638. The zero-order chi connectivity index (χ0) is 12.6. The summed E-state index contributed by atoms with van der Waals surface area (Å²) in [7, 11) is 0. The third kappa shape index (κ3) is 5.30. The van der Waals surface area contributed by atoms with Gasteiger partial charge in [-0.15, -0.1) is 0 Å². The highest BCUT2D eigenvalue weighted by molar-refractivity contribution is 6.63. The van der Waals surface area contributed by atoms with Crippen molar-refractivity contribution in [2.24, 2.45) is 5.16 Å². The van der Waals surface area contributed by atoms with E-state index in [-0.39, 0.29) is 13.2 Å². The molecule has 0 aromatic heterocycles. The Morgan fingerprint density at radius 2 is 1.50 bits per heavy atom. The molecule has 7 nitrogen and oxygen atoms in total. The number of carbonyl (C=O) groups excluding carboxylic acids is 3. The SMILES string of the molecule is CCOC(=O)C(=NOC(=O)Cl)C(=O)OCC. The number of nitrogens with zero attached hydrogens (tertiary/aromatic N) is 1. The summed E-state index contributed by atoms with van der Waals surface area (Å²) in [5.41, 5.74) is -2.07. The van der Waals surface area contributed by atoms with Gasteiger partial charge in [0.05, 0.1) is 13.2 Å². The zero-order valence-corrected chi connectivity index (χ0v) is 9.44. The largest absolute Gasteiger partial charge is 0.461 e. The molecule has 0 bridgehead atoms. The minimum Gasteiger partial charge on any atom is -0.461 e. The predicted molar refractivity (Wildman–Crippen MR) is 53.0 cm³/mol. The molecular formula is C8H10ClNO6. The summed E-state index contributed by atoms with van der Waals surface area (Å²) < 4.78 is 9.00. The standard InChI is InChI=1S/C8H10ClNO6/c1-3-14-6(11)5(7(12)15-4-2)10-16-8(9)13/h3-4H2,1-2H3. The first-order valence-corrected chi connectivity index (χ1v) is 4.69. The van der Waals surface area contributed by atoms with E-state index in [1.54, 1.807) is 0 Å². The summed E-state index contributed by atoms with van der Waals surface area (Å²) >= 11 is 4.81. The number of halogens is 1. The van der Waals surface area contributed by atoms with Crippen LogP contribution in [0.1, 0.15) is 13.8 Å². The first kappa shape index (κ1) is 14.4. The molecule has 0 N–H and O–H groups in total. The van der Waals surface area contributed by atoms with Crippen molar-refractivity contribution in [2.45, 2.75) is 13.8 Å². The van der Waals surface area contributed by atoms with Crippen molar-refractivity contribution >= 4 is 34.7 Å². The molecule has 0 unspecified atom stereocenters. The number of carbonyl (C=O) groups is 3. The Morgan fingerprint density at radius 3 is 1.81 bits per heavy atom. The summed E-state index contributed by atoms with van der Waals surface area (Å²) in [5.74, 6) is -2.11. The van der Waals surface area contributed by atoms with Gasteiger partial charge in [-0.05, 0) is 13.8 Å². The highest BCUT2D eigenvalue weighted by Crippen LogP contribution is 1.95. The third-order valence-electron chi connectivity index (χ3n) is 1.15. The van der Waals surface area contributed by atoms with Crippen LogP contribution in [0, 0.1) is 0 Å². The maximum absolute atomic E-state index is 11.2. The molecule has 0 saturated carbocycles. The lowest BCUT2D eigenvalue weighted by molar-refractivity contribution is -0.140. The van der Waals surface area contributed by atoms with Gasteiger partial charge in [-0.1, -0.05) is 5.16 Å². The average molecular weight is 252 g/mol. The van der Waals surface area contributed by atoms with Crippen LogP contribution >= 0.6 is 11.6 Å². The Labute approximate surface area is 96.3 Å². The molecule has 0 fully saturated rings. The number of esters is 2. The Bertz CT molecular complexity index is 294. The van der Waals surface area contributed by atoms with Crippen LogP contribution in [-0.2, 0) is 23.9 Å². The molecule has 0 aromatic carbocycles.